The fourth-order valence-electron chi connectivity index (χ4n) is 6.44. The topological polar surface area (TPSA) is 134 Å². The number of aromatic nitrogens is 12. The number of hydrogen-bond acceptors (Lipinski definition) is 9. The van der Waals surface area contributed by atoms with Gasteiger partial charge in [0.25, 0.3) is 0 Å². The van der Waals surface area contributed by atoms with E-state index in [1.807, 2.05) is 102 Å². The molecule has 17 heteroatoms. The minimum atomic E-state index is 0.354. The molecule has 0 radical (unpaired) electrons. The van der Waals surface area contributed by atoms with Gasteiger partial charge in [0.15, 0.2) is 11.6 Å². The molecular weight excluding hydrogens is 970 g/mol. The number of nitrogens with zero attached hydrogens (tertiary/aromatic N) is 12. The van der Waals surface area contributed by atoms with Gasteiger partial charge in [0.1, 0.15) is 18.9 Å². The number of halogens is 1. The second kappa shape index (κ2) is 27.2. The van der Waals surface area contributed by atoms with Crippen LogP contribution in [0.2, 0.25) is 0 Å². The van der Waals surface area contributed by atoms with Crippen LogP contribution < -0.4 is 4.57 Å². The first-order valence-corrected chi connectivity index (χ1v) is 23.5. The Bertz CT molecular complexity index is 2110. The zero-order chi connectivity index (χ0) is 43.8. The SMILES string of the molecule is CCC(CC(CC(C)n1cc[n+](CCOCCOCCOC)c1)n1ccnc1)n1ccnc1.Cc1ccnc(-n2cc(C)cn2)c1.Cc1ccnc(-n2cc(C)cn2)c1.[Cl][Os]. The molecule has 0 N–H and O–H groups in total. The Labute approximate surface area is 374 Å². The normalized spacial score (nSPS) is 12.3. The first kappa shape index (κ1) is 48.8. The van der Waals surface area contributed by atoms with E-state index < -0.39 is 0 Å². The second-order valence-electron chi connectivity index (χ2n) is 14.7. The molecule has 3 unspecified atom stereocenters. The molecule has 329 valence electrons. The molecule has 7 heterocycles. The van der Waals surface area contributed by atoms with Crippen molar-refractivity contribution in [1.29, 1.82) is 0 Å². The van der Waals surface area contributed by atoms with Crippen LogP contribution in [-0.4, -0.2) is 93.3 Å². The fraction of sp³-hybridized carbons (Fsp3) is 0.432. The van der Waals surface area contributed by atoms with Crippen LogP contribution in [0.4, 0.5) is 0 Å². The minimum absolute atomic E-state index is 0.354. The van der Waals surface area contributed by atoms with Gasteiger partial charge < -0.3 is 23.3 Å². The van der Waals surface area contributed by atoms with E-state index in [1.165, 1.54) is 28.7 Å². The van der Waals surface area contributed by atoms with Crippen molar-refractivity contribution in [2.24, 2.45) is 0 Å². The molecule has 7 rings (SSSR count). The van der Waals surface area contributed by atoms with Gasteiger partial charge in [-0.25, -0.2) is 38.4 Å². The Morgan fingerprint density at radius 2 is 1.21 bits per heavy atom. The van der Waals surface area contributed by atoms with E-state index in [-0.39, 0.29) is 0 Å². The third-order valence-corrected chi connectivity index (χ3v) is 9.73. The van der Waals surface area contributed by atoms with Crippen molar-refractivity contribution in [3.05, 3.63) is 140 Å². The van der Waals surface area contributed by atoms with Crippen LogP contribution in [-0.2, 0) is 38.4 Å². The van der Waals surface area contributed by atoms with Gasteiger partial charge in [-0.2, -0.15) is 10.2 Å². The Kier molecular flexibility index (Phi) is 21.7. The van der Waals surface area contributed by atoms with Crippen LogP contribution in [0, 0.1) is 27.7 Å². The molecule has 3 atom stereocenters. The molecule has 0 aliphatic heterocycles. The molecule has 0 fully saturated rings. The Balaban J connectivity index is 0.000000237. The zero-order valence-electron chi connectivity index (χ0n) is 36.4. The molecule has 7 aromatic heterocycles. The van der Waals surface area contributed by atoms with Gasteiger partial charge in [-0.3, -0.25) is 0 Å². The van der Waals surface area contributed by atoms with Crippen molar-refractivity contribution in [2.45, 2.75) is 85.5 Å². The summed E-state index contributed by atoms with van der Waals surface area (Å²) in [5.41, 5.74) is 4.67. The van der Waals surface area contributed by atoms with Crippen LogP contribution in [0.1, 0.15) is 73.5 Å². The van der Waals surface area contributed by atoms with Crippen LogP contribution in [0.5, 0.6) is 0 Å². The summed E-state index contributed by atoms with van der Waals surface area (Å²) in [5, 5.41) is 8.36. The first-order valence-electron chi connectivity index (χ1n) is 20.4. The van der Waals surface area contributed by atoms with Crippen molar-refractivity contribution in [3.63, 3.8) is 0 Å². The number of imidazole rings is 3. The monoisotopic (exact) mass is 1030 g/mol. The molecule has 0 aliphatic rings. The van der Waals surface area contributed by atoms with Crippen LogP contribution in [0.15, 0.2) is 118 Å². The summed E-state index contributed by atoms with van der Waals surface area (Å²) in [5.74, 6) is 1.74. The molecular formula is C44H61ClN12O3Os+. The Morgan fingerprint density at radius 3 is 1.69 bits per heavy atom. The van der Waals surface area contributed by atoms with Crippen molar-refractivity contribution in [1.82, 2.24) is 53.2 Å². The number of aryl methyl sites for hydroxylation is 4. The molecule has 0 saturated carbocycles. The summed E-state index contributed by atoms with van der Waals surface area (Å²) in [7, 11) is 6.34. The maximum absolute atomic E-state index is 5.68. The molecule has 15 nitrogen and oxygen atoms in total. The van der Waals surface area contributed by atoms with E-state index in [1.54, 1.807) is 28.9 Å². The average Bonchev–Trinajstić information content (AvgIpc) is 4.13. The average molecular weight is 1030 g/mol. The number of hydrogen-bond donors (Lipinski definition) is 0. The molecule has 0 spiro atoms. The van der Waals surface area contributed by atoms with Crippen LogP contribution in [0.25, 0.3) is 11.6 Å². The number of rotatable bonds is 19. The van der Waals surface area contributed by atoms with E-state index >= 15 is 0 Å². The number of methoxy groups -OCH3 is 1. The standard InChI is InChI=1S/C24H39N6O3.2C10H11N3.ClH.Os/c1-4-23(28-7-5-25-19-28)18-24(29-8-6-26-20-29)17-22(2)30-10-9-27(21-30)11-12-32-15-16-33-14-13-31-3;2*1-8-3-4-11-10(5-8)13-7-9(2)6-12-13;;/h5-10,19-24H,4,11-18H2,1-3H3;2*3-7H,1-2H3;1H;/q+1;;;;+1/p-1. The summed E-state index contributed by atoms with van der Waals surface area (Å²) in [6, 6.07) is 9.08. The summed E-state index contributed by atoms with van der Waals surface area (Å²) < 4.78 is 28.5. The van der Waals surface area contributed by atoms with E-state index in [0.717, 1.165) is 48.6 Å². The number of pyridine rings is 2. The molecule has 0 bridgehead atoms. The van der Waals surface area contributed by atoms with Crippen molar-refractivity contribution in [2.75, 3.05) is 40.1 Å². The van der Waals surface area contributed by atoms with Crippen LogP contribution in [0.3, 0.4) is 0 Å². The Morgan fingerprint density at radius 1 is 0.672 bits per heavy atom. The van der Waals surface area contributed by atoms with Gasteiger partial charge in [-0.05, 0) is 94.0 Å². The van der Waals surface area contributed by atoms with Crippen molar-refractivity contribution < 1.29 is 36.4 Å². The van der Waals surface area contributed by atoms with Gasteiger partial charge in [0, 0.05) is 75.2 Å². The molecule has 0 saturated heterocycles. The van der Waals surface area contributed by atoms with Crippen LogP contribution >= 0.6 is 9.64 Å². The van der Waals surface area contributed by atoms with Gasteiger partial charge in [0.05, 0.1) is 64.1 Å². The summed E-state index contributed by atoms with van der Waals surface area (Å²) in [6.45, 7) is 16.5. The quantitative estimate of drug-likeness (QED) is 0.0596. The molecule has 0 aromatic carbocycles. The third-order valence-electron chi connectivity index (χ3n) is 9.73. The Hall–Kier alpha value is -4.84. The van der Waals surface area contributed by atoms with Gasteiger partial charge in [-0.1, -0.05) is 6.92 Å². The van der Waals surface area contributed by atoms with Gasteiger partial charge in [0.2, 0.25) is 6.33 Å². The maximum atomic E-state index is 5.68. The predicted molar refractivity (Wildman–Crippen MR) is 232 cm³/mol. The van der Waals surface area contributed by atoms with E-state index in [4.69, 9.17) is 14.2 Å². The van der Waals surface area contributed by atoms with E-state index in [2.05, 4.69) is 103 Å². The first-order chi connectivity index (χ1) is 29.7. The van der Waals surface area contributed by atoms with E-state index in [9.17, 15) is 0 Å². The predicted octanol–water partition coefficient (Wildman–Crippen LogP) is 7.54. The molecule has 7 aromatic rings. The molecule has 61 heavy (non-hydrogen) atoms. The fourth-order valence-corrected chi connectivity index (χ4v) is 6.44. The zero-order valence-corrected chi connectivity index (χ0v) is 39.7. The molecule has 0 amide bonds. The van der Waals surface area contributed by atoms with Crippen molar-refractivity contribution in [3.8, 4) is 11.6 Å². The van der Waals surface area contributed by atoms with Crippen molar-refractivity contribution >= 4 is 9.64 Å². The second-order valence-corrected chi connectivity index (χ2v) is 14.7. The van der Waals surface area contributed by atoms with Gasteiger partial charge in [-0.15, -0.1) is 0 Å². The number of ether oxygens (including phenoxy) is 3. The third kappa shape index (κ3) is 16.9. The summed E-state index contributed by atoms with van der Waals surface area (Å²) in [6.07, 6.45) is 32.4. The summed E-state index contributed by atoms with van der Waals surface area (Å²) in [4.78, 5) is 17.0. The molecule has 0 aliphatic carbocycles. The summed E-state index contributed by atoms with van der Waals surface area (Å²) >= 11 is 1.33. The van der Waals surface area contributed by atoms with E-state index in [0.29, 0.717) is 51.2 Å². The van der Waals surface area contributed by atoms with Gasteiger partial charge >= 0.3 is 27.2 Å².